The number of hydrogen-bond donors (Lipinski definition) is 1. The van der Waals surface area contributed by atoms with E-state index in [0.717, 1.165) is 5.56 Å². The molecule has 4 heteroatoms. The van der Waals surface area contributed by atoms with Crippen molar-refractivity contribution in [2.24, 2.45) is 0 Å². The van der Waals surface area contributed by atoms with Crippen LogP contribution in [0.25, 0.3) is 0 Å². The summed E-state index contributed by atoms with van der Waals surface area (Å²) in [5.74, 6) is 0.295. The Morgan fingerprint density at radius 3 is 2.93 bits per heavy atom. The van der Waals surface area contributed by atoms with Crippen LogP contribution in [0.3, 0.4) is 0 Å². The van der Waals surface area contributed by atoms with Gasteiger partial charge in [-0.2, -0.15) is 5.26 Å². The van der Waals surface area contributed by atoms with Crippen molar-refractivity contribution in [2.75, 3.05) is 6.54 Å². The topological polar surface area (TPSA) is 62.1 Å². The second-order valence-electron chi connectivity index (χ2n) is 2.98. The number of nitrogens with one attached hydrogen (secondary N) is 1. The molecule has 0 aliphatic carbocycles. The van der Waals surface area contributed by atoms with Crippen LogP contribution in [0.2, 0.25) is 0 Å². The van der Waals surface area contributed by atoms with Crippen LogP contribution in [-0.2, 0) is 0 Å². The molecule has 0 aliphatic rings. The lowest BCUT2D eigenvalue weighted by atomic mass is 10.1. The molecule has 1 N–H and O–H groups in total. The van der Waals surface area contributed by atoms with E-state index in [1.54, 1.807) is 32.0 Å². The van der Waals surface area contributed by atoms with Gasteiger partial charge in [-0.25, -0.2) is 4.79 Å². The Kier molecular flexibility index (Phi) is 3.69. The van der Waals surface area contributed by atoms with Gasteiger partial charge < -0.3 is 10.1 Å². The van der Waals surface area contributed by atoms with Gasteiger partial charge >= 0.3 is 6.09 Å². The average Bonchev–Trinajstić information content (AvgIpc) is 2.18. The predicted octanol–water partition coefficient (Wildman–Crippen LogP) is 1.98. The van der Waals surface area contributed by atoms with E-state index in [0.29, 0.717) is 17.9 Å². The molecule has 0 saturated carbocycles. The molecular weight excluding hydrogens is 192 g/mol. The number of carbonyl (C=O) groups excluding carboxylic acids is 1. The first kappa shape index (κ1) is 11.1. The van der Waals surface area contributed by atoms with Gasteiger partial charge in [0.1, 0.15) is 6.07 Å². The number of nitriles is 1. The van der Waals surface area contributed by atoms with Crippen LogP contribution >= 0.6 is 0 Å². The maximum absolute atomic E-state index is 11.1. The van der Waals surface area contributed by atoms with Crippen molar-refractivity contribution in [3.63, 3.8) is 0 Å². The molecule has 4 nitrogen and oxygen atoms in total. The fourth-order valence-corrected chi connectivity index (χ4v) is 1.15. The smallest absolute Gasteiger partial charge is 0.409 e. The maximum atomic E-state index is 11.1. The van der Waals surface area contributed by atoms with E-state index in [-0.39, 0.29) is 0 Å². The van der Waals surface area contributed by atoms with E-state index in [1.165, 1.54) is 0 Å². The summed E-state index contributed by atoms with van der Waals surface area (Å²) in [6, 6.07) is 7.14. The van der Waals surface area contributed by atoms with Crippen LogP contribution in [0.1, 0.15) is 18.1 Å². The molecule has 1 aromatic rings. The van der Waals surface area contributed by atoms with Crippen molar-refractivity contribution < 1.29 is 9.53 Å². The summed E-state index contributed by atoms with van der Waals surface area (Å²) < 4.78 is 4.99. The third-order valence-electron chi connectivity index (χ3n) is 1.87. The first-order chi connectivity index (χ1) is 7.19. The third kappa shape index (κ3) is 2.71. The van der Waals surface area contributed by atoms with Gasteiger partial charge in [-0.05, 0) is 25.5 Å². The Hall–Kier alpha value is -2.02. The summed E-state index contributed by atoms with van der Waals surface area (Å²) in [4.78, 5) is 11.1. The Balaban J connectivity index is 2.91. The van der Waals surface area contributed by atoms with Gasteiger partial charge in [0.2, 0.25) is 0 Å². The molecule has 0 aliphatic heterocycles. The largest absolute Gasteiger partial charge is 0.412 e. The number of ether oxygens (including phenoxy) is 1. The van der Waals surface area contributed by atoms with Crippen LogP contribution in [0.5, 0.6) is 5.75 Å². The molecule has 0 unspecified atom stereocenters. The number of nitrogens with zero attached hydrogens (tertiary/aromatic N) is 1. The van der Waals surface area contributed by atoms with Crippen molar-refractivity contribution in [3.8, 4) is 11.8 Å². The molecule has 15 heavy (non-hydrogen) atoms. The van der Waals surface area contributed by atoms with Gasteiger partial charge in [-0.15, -0.1) is 0 Å². The first-order valence-electron chi connectivity index (χ1n) is 4.64. The Morgan fingerprint density at radius 1 is 1.60 bits per heavy atom. The van der Waals surface area contributed by atoms with Crippen LogP contribution in [0, 0.1) is 18.3 Å². The normalized spacial score (nSPS) is 9.13. The van der Waals surface area contributed by atoms with Crippen LogP contribution in [0.4, 0.5) is 4.79 Å². The minimum atomic E-state index is -0.542. The Morgan fingerprint density at radius 2 is 2.33 bits per heavy atom. The lowest BCUT2D eigenvalue weighted by molar-refractivity contribution is 0.201. The maximum Gasteiger partial charge on any atom is 0.412 e. The van der Waals surface area contributed by atoms with Gasteiger partial charge in [0.15, 0.2) is 5.75 Å². The van der Waals surface area contributed by atoms with Gasteiger partial charge in [-0.3, -0.25) is 0 Å². The summed E-state index contributed by atoms with van der Waals surface area (Å²) in [6.07, 6.45) is -0.542. The van der Waals surface area contributed by atoms with Crippen molar-refractivity contribution in [3.05, 3.63) is 29.3 Å². The summed E-state index contributed by atoms with van der Waals surface area (Å²) in [5, 5.41) is 11.4. The molecular formula is C11H12N2O2. The van der Waals surface area contributed by atoms with E-state index in [4.69, 9.17) is 10.00 Å². The third-order valence-corrected chi connectivity index (χ3v) is 1.87. The summed E-state index contributed by atoms with van der Waals surface area (Å²) in [6.45, 7) is 4.08. The minimum Gasteiger partial charge on any atom is -0.409 e. The number of amides is 1. The summed E-state index contributed by atoms with van der Waals surface area (Å²) >= 11 is 0. The zero-order valence-electron chi connectivity index (χ0n) is 8.70. The summed E-state index contributed by atoms with van der Waals surface area (Å²) in [7, 11) is 0. The highest BCUT2D eigenvalue weighted by atomic mass is 16.6. The molecule has 1 rings (SSSR count). The van der Waals surface area contributed by atoms with Crippen LogP contribution < -0.4 is 10.1 Å². The Bertz CT molecular complexity index is 408. The molecule has 0 fully saturated rings. The molecule has 0 spiro atoms. The highest BCUT2D eigenvalue weighted by Gasteiger charge is 2.09. The Labute approximate surface area is 88.5 Å². The van der Waals surface area contributed by atoms with E-state index >= 15 is 0 Å². The van der Waals surface area contributed by atoms with E-state index in [2.05, 4.69) is 5.32 Å². The van der Waals surface area contributed by atoms with Crippen molar-refractivity contribution >= 4 is 6.09 Å². The van der Waals surface area contributed by atoms with Gasteiger partial charge in [0, 0.05) is 6.54 Å². The monoisotopic (exact) mass is 204 g/mol. The molecule has 0 aromatic heterocycles. The molecule has 0 radical (unpaired) electrons. The second kappa shape index (κ2) is 5.01. The van der Waals surface area contributed by atoms with Gasteiger partial charge in [0.05, 0.1) is 5.56 Å². The number of rotatable bonds is 2. The van der Waals surface area contributed by atoms with Crippen LogP contribution in [-0.4, -0.2) is 12.6 Å². The zero-order valence-corrected chi connectivity index (χ0v) is 8.70. The molecule has 0 bridgehead atoms. The van der Waals surface area contributed by atoms with Crippen LogP contribution in [0.15, 0.2) is 18.2 Å². The van der Waals surface area contributed by atoms with Gasteiger partial charge in [0.25, 0.3) is 0 Å². The highest BCUT2D eigenvalue weighted by Crippen LogP contribution is 2.20. The lowest BCUT2D eigenvalue weighted by Crippen LogP contribution is -2.26. The van der Waals surface area contributed by atoms with Gasteiger partial charge in [-0.1, -0.05) is 12.1 Å². The number of aryl methyl sites for hydroxylation is 1. The summed E-state index contributed by atoms with van der Waals surface area (Å²) in [5.41, 5.74) is 1.18. The fraction of sp³-hybridized carbons (Fsp3) is 0.273. The lowest BCUT2D eigenvalue weighted by Gasteiger charge is -2.07. The molecule has 0 atom stereocenters. The molecule has 0 heterocycles. The first-order valence-corrected chi connectivity index (χ1v) is 4.64. The zero-order chi connectivity index (χ0) is 11.3. The average molecular weight is 204 g/mol. The molecule has 1 aromatic carbocycles. The molecule has 78 valence electrons. The van der Waals surface area contributed by atoms with E-state index in [9.17, 15) is 4.79 Å². The number of benzene rings is 1. The van der Waals surface area contributed by atoms with Crippen molar-refractivity contribution in [1.82, 2.24) is 5.32 Å². The standard InChI is InChI=1S/C11H12N2O2/c1-3-13-11(14)15-10-6-4-5-8(2)9(10)7-12/h4-6H,3H2,1-2H3,(H,13,14). The minimum absolute atomic E-state index is 0.295. The number of hydrogen-bond acceptors (Lipinski definition) is 3. The van der Waals surface area contributed by atoms with Crippen molar-refractivity contribution in [1.29, 1.82) is 5.26 Å². The second-order valence-corrected chi connectivity index (χ2v) is 2.98. The molecule has 0 saturated heterocycles. The number of carbonyl (C=O) groups is 1. The highest BCUT2D eigenvalue weighted by molar-refractivity contribution is 5.71. The SMILES string of the molecule is CCNC(=O)Oc1cccc(C)c1C#N. The van der Waals surface area contributed by atoms with Crippen molar-refractivity contribution in [2.45, 2.75) is 13.8 Å². The van der Waals surface area contributed by atoms with E-state index in [1.807, 2.05) is 6.07 Å². The predicted molar refractivity (Wildman–Crippen MR) is 55.6 cm³/mol. The molecule has 1 amide bonds. The quantitative estimate of drug-likeness (QED) is 0.801. The fourth-order valence-electron chi connectivity index (χ4n) is 1.15. The van der Waals surface area contributed by atoms with E-state index < -0.39 is 6.09 Å².